The highest BCUT2D eigenvalue weighted by atomic mass is 35.5. The summed E-state index contributed by atoms with van der Waals surface area (Å²) in [6.07, 6.45) is 5.78. The predicted octanol–water partition coefficient (Wildman–Crippen LogP) is 5.84. The Hall–Kier alpha value is -2.83. The third-order valence-electron chi connectivity index (χ3n) is 7.25. The normalized spacial score (nSPS) is 14.9. The summed E-state index contributed by atoms with van der Waals surface area (Å²) in [7, 11) is 1.95. The minimum atomic E-state index is -0.304. The molecule has 0 unspecified atom stereocenters. The molecule has 3 aromatic rings. The molecule has 2 aromatic carbocycles. The van der Waals surface area contributed by atoms with E-state index in [9.17, 15) is 5.26 Å². The molecule has 1 aliphatic rings. The Morgan fingerprint density at radius 3 is 2.37 bits per heavy atom. The Labute approximate surface area is 236 Å². The second-order valence-corrected chi connectivity index (χ2v) is 11.1. The fourth-order valence-electron chi connectivity index (χ4n) is 4.83. The zero-order valence-electron chi connectivity index (χ0n) is 22.4. The molecule has 0 aliphatic carbocycles. The first-order valence-electron chi connectivity index (χ1n) is 12.8. The van der Waals surface area contributed by atoms with Crippen molar-refractivity contribution in [2.75, 3.05) is 37.9 Å². The molecule has 0 spiro atoms. The van der Waals surface area contributed by atoms with Crippen LogP contribution in [0.1, 0.15) is 48.9 Å². The lowest BCUT2D eigenvalue weighted by Crippen LogP contribution is -2.44. The van der Waals surface area contributed by atoms with Gasteiger partial charge in [0, 0.05) is 49.6 Å². The van der Waals surface area contributed by atoms with Crippen molar-refractivity contribution >= 4 is 30.4 Å². The number of hydrazine groups is 1. The number of nitriles is 1. The smallest absolute Gasteiger partial charge is 0.222 e. The molecule has 1 N–H and O–H groups in total. The van der Waals surface area contributed by atoms with Crippen LogP contribution in [0.15, 0.2) is 48.8 Å². The maximum atomic E-state index is 9.72. The Bertz CT molecular complexity index is 1270. The maximum Gasteiger partial charge on any atom is 0.222 e. The Morgan fingerprint density at radius 2 is 1.79 bits per heavy atom. The molecule has 1 fully saturated rings. The van der Waals surface area contributed by atoms with Gasteiger partial charge in [0.2, 0.25) is 5.95 Å². The molecule has 0 atom stereocenters. The topological polar surface area (TPSA) is 77.3 Å². The molecule has 1 saturated heterocycles. The van der Waals surface area contributed by atoms with Crippen molar-refractivity contribution in [1.82, 2.24) is 19.4 Å². The number of benzene rings is 2. The van der Waals surface area contributed by atoms with E-state index in [1.807, 2.05) is 36.8 Å². The van der Waals surface area contributed by atoms with E-state index in [0.717, 1.165) is 53.7 Å². The molecule has 1 aliphatic heterocycles. The molecule has 0 amide bonds. The number of anilines is 1. The molecule has 0 radical (unpaired) electrons. The molecule has 7 nitrogen and oxygen atoms in total. The summed E-state index contributed by atoms with van der Waals surface area (Å²) in [6, 6.07) is 15.1. The molecular formula is C29H35ClN6OS. The predicted molar refractivity (Wildman–Crippen MR) is 157 cm³/mol. The van der Waals surface area contributed by atoms with Crippen molar-refractivity contribution in [3.8, 4) is 22.9 Å². The number of nitrogens with zero attached hydrogens (tertiary/aromatic N) is 5. The summed E-state index contributed by atoms with van der Waals surface area (Å²) in [6.45, 7) is 8.59. The van der Waals surface area contributed by atoms with Crippen LogP contribution in [-0.4, -0.2) is 58.1 Å². The van der Waals surface area contributed by atoms with Crippen molar-refractivity contribution in [3.63, 3.8) is 0 Å². The van der Waals surface area contributed by atoms with E-state index >= 15 is 0 Å². The average Bonchev–Trinajstić information content (AvgIpc) is 2.92. The minimum Gasteiger partial charge on any atom is -0.491 e. The number of nitrogens with one attached hydrogen (secondary N) is 1. The number of rotatable bonds is 9. The summed E-state index contributed by atoms with van der Waals surface area (Å²) in [5, 5.41) is 15.4. The number of halogens is 1. The molecule has 0 saturated carbocycles. The highest BCUT2D eigenvalue weighted by molar-refractivity contribution is 7.77. The SMILES string of the molecule is Cc1cc(C(C)(C)c2ccc(-c3cnc(NC4CCN(N(C)S)CC4)nc3)cc2)cc(C#N)c1OCCCl. The van der Waals surface area contributed by atoms with Gasteiger partial charge in [-0.1, -0.05) is 57.0 Å². The van der Waals surface area contributed by atoms with E-state index in [0.29, 0.717) is 35.8 Å². The van der Waals surface area contributed by atoms with E-state index < -0.39 is 0 Å². The Kier molecular flexibility index (Phi) is 9.16. The Balaban J connectivity index is 1.45. The number of alkyl halides is 1. The molecule has 1 aromatic heterocycles. The summed E-state index contributed by atoms with van der Waals surface area (Å²) in [5.74, 6) is 1.64. The zero-order valence-corrected chi connectivity index (χ0v) is 24.1. The fourth-order valence-corrected chi connectivity index (χ4v) is 5.09. The lowest BCUT2D eigenvalue weighted by atomic mass is 9.76. The molecule has 9 heteroatoms. The van der Waals surface area contributed by atoms with Gasteiger partial charge >= 0.3 is 0 Å². The van der Waals surface area contributed by atoms with Gasteiger partial charge in [-0.05, 0) is 48.1 Å². The maximum absolute atomic E-state index is 9.72. The van der Waals surface area contributed by atoms with Crippen LogP contribution in [0, 0.1) is 18.3 Å². The van der Waals surface area contributed by atoms with E-state index in [2.05, 4.69) is 83.4 Å². The fraction of sp³-hybridized carbons (Fsp3) is 0.414. The number of piperidine rings is 1. The van der Waals surface area contributed by atoms with E-state index in [1.165, 1.54) is 0 Å². The van der Waals surface area contributed by atoms with Gasteiger partial charge < -0.3 is 10.1 Å². The van der Waals surface area contributed by atoms with Gasteiger partial charge in [-0.2, -0.15) is 9.68 Å². The first-order chi connectivity index (χ1) is 18.2. The minimum absolute atomic E-state index is 0.304. The van der Waals surface area contributed by atoms with Crippen molar-refractivity contribution < 1.29 is 4.74 Å². The number of ether oxygens (including phenoxy) is 1. The van der Waals surface area contributed by atoms with Crippen LogP contribution < -0.4 is 10.1 Å². The van der Waals surface area contributed by atoms with E-state index in [-0.39, 0.29) is 5.41 Å². The monoisotopic (exact) mass is 550 g/mol. The van der Waals surface area contributed by atoms with Crippen molar-refractivity contribution in [1.29, 1.82) is 5.26 Å². The van der Waals surface area contributed by atoms with Crippen LogP contribution in [0.2, 0.25) is 0 Å². The number of aryl methyl sites for hydroxylation is 1. The molecule has 38 heavy (non-hydrogen) atoms. The highest BCUT2D eigenvalue weighted by Crippen LogP contribution is 2.36. The van der Waals surface area contributed by atoms with Gasteiger partial charge in [-0.3, -0.25) is 0 Å². The summed E-state index contributed by atoms with van der Waals surface area (Å²) < 4.78 is 7.59. The van der Waals surface area contributed by atoms with Gasteiger partial charge in [0.05, 0.1) is 11.4 Å². The quantitative estimate of drug-likeness (QED) is 0.256. The zero-order chi connectivity index (χ0) is 27.3. The first kappa shape index (κ1) is 28.2. The van der Waals surface area contributed by atoms with Crippen molar-refractivity contribution in [2.24, 2.45) is 0 Å². The number of hydrogen-bond donors (Lipinski definition) is 2. The van der Waals surface area contributed by atoms with Gasteiger partial charge in [0.1, 0.15) is 18.4 Å². The first-order valence-corrected chi connectivity index (χ1v) is 13.8. The molecule has 4 rings (SSSR count). The molecule has 2 heterocycles. The third-order valence-corrected chi connectivity index (χ3v) is 7.65. The highest BCUT2D eigenvalue weighted by Gasteiger charge is 2.26. The summed E-state index contributed by atoms with van der Waals surface area (Å²) in [4.78, 5) is 9.14. The van der Waals surface area contributed by atoms with Gasteiger partial charge in [0.15, 0.2) is 0 Å². The van der Waals surface area contributed by atoms with Gasteiger partial charge in [0.25, 0.3) is 0 Å². The van der Waals surface area contributed by atoms with Crippen LogP contribution >= 0.6 is 24.4 Å². The van der Waals surface area contributed by atoms with E-state index in [4.69, 9.17) is 16.3 Å². The lowest BCUT2D eigenvalue weighted by molar-refractivity contribution is 0.0700. The van der Waals surface area contributed by atoms with Crippen molar-refractivity contribution in [3.05, 3.63) is 71.0 Å². The van der Waals surface area contributed by atoms with Gasteiger partial charge in [-0.25, -0.2) is 15.0 Å². The standard InChI is InChI=1S/C29H35ClN6OS/c1-20-15-25(16-22(17-31)27(20)37-14-11-30)29(2,3)24-7-5-21(6-8-24)23-18-32-28(33-19-23)34-26-9-12-36(13-10-26)35(4)38/h5-8,15-16,18-19,26,38H,9-14H2,1-4H3,(H,32,33,34). The summed E-state index contributed by atoms with van der Waals surface area (Å²) in [5.41, 5.74) is 5.38. The largest absolute Gasteiger partial charge is 0.491 e. The summed E-state index contributed by atoms with van der Waals surface area (Å²) >= 11 is 10.2. The third kappa shape index (κ3) is 6.41. The Morgan fingerprint density at radius 1 is 1.13 bits per heavy atom. The lowest BCUT2D eigenvalue weighted by Gasteiger charge is -2.35. The van der Waals surface area contributed by atoms with Crippen LogP contribution in [0.3, 0.4) is 0 Å². The van der Waals surface area contributed by atoms with Crippen LogP contribution in [0.5, 0.6) is 5.75 Å². The molecule has 200 valence electrons. The average molecular weight is 551 g/mol. The second kappa shape index (κ2) is 12.4. The van der Waals surface area contributed by atoms with Crippen LogP contribution in [0.4, 0.5) is 5.95 Å². The van der Waals surface area contributed by atoms with Crippen LogP contribution in [-0.2, 0) is 5.41 Å². The number of aromatic nitrogens is 2. The van der Waals surface area contributed by atoms with Crippen molar-refractivity contribution in [2.45, 2.75) is 45.1 Å². The van der Waals surface area contributed by atoms with Gasteiger partial charge in [-0.15, -0.1) is 11.6 Å². The van der Waals surface area contributed by atoms with Crippen LogP contribution in [0.25, 0.3) is 11.1 Å². The second-order valence-electron chi connectivity index (χ2n) is 10.2. The van der Waals surface area contributed by atoms with E-state index in [1.54, 1.807) is 0 Å². The number of thiol groups is 1. The molecular weight excluding hydrogens is 516 g/mol. The molecule has 0 bridgehead atoms. The number of hydrogen-bond acceptors (Lipinski definition) is 8.